The quantitative estimate of drug-likeness (QED) is 0.368. The molecule has 30 heavy (non-hydrogen) atoms. The van der Waals surface area contributed by atoms with Crippen molar-refractivity contribution in [3.8, 4) is 16.9 Å². The van der Waals surface area contributed by atoms with Gasteiger partial charge in [-0.2, -0.15) is 5.10 Å². The van der Waals surface area contributed by atoms with Crippen LogP contribution in [-0.2, 0) is 6.61 Å². The maximum atomic E-state index is 12.3. The number of hydrogen-bond acceptors (Lipinski definition) is 3. The Morgan fingerprint density at radius 3 is 2.27 bits per heavy atom. The monoisotopic (exact) mass is 400 g/mol. The van der Waals surface area contributed by atoms with Gasteiger partial charge in [-0.3, -0.25) is 4.79 Å². The first-order valence-corrected chi connectivity index (χ1v) is 10.3. The van der Waals surface area contributed by atoms with Crippen molar-refractivity contribution in [3.05, 3.63) is 90.0 Å². The predicted molar refractivity (Wildman–Crippen MR) is 123 cm³/mol. The van der Waals surface area contributed by atoms with Gasteiger partial charge in [-0.05, 0) is 41.7 Å². The van der Waals surface area contributed by atoms with Gasteiger partial charge in [0, 0.05) is 16.8 Å². The van der Waals surface area contributed by atoms with Crippen LogP contribution in [-0.4, -0.2) is 11.6 Å². The van der Waals surface area contributed by atoms with Crippen LogP contribution >= 0.6 is 0 Å². The molecule has 1 N–H and O–H groups in total. The van der Waals surface area contributed by atoms with Gasteiger partial charge >= 0.3 is 0 Å². The molecule has 0 bridgehead atoms. The molecule has 0 saturated heterocycles. The topological polar surface area (TPSA) is 50.7 Å². The molecule has 1 amide bonds. The lowest BCUT2D eigenvalue weighted by Crippen LogP contribution is -2.21. The highest BCUT2D eigenvalue weighted by Crippen LogP contribution is 2.30. The zero-order chi connectivity index (χ0) is 21.3. The van der Waals surface area contributed by atoms with E-state index < -0.39 is 0 Å². The summed E-state index contributed by atoms with van der Waals surface area (Å²) in [5.74, 6) is 0.942. The van der Waals surface area contributed by atoms with Gasteiger partial charge < -0.3 is 4.74 Å². The number of para-hydroxylation sites is 1. The van der Waals surface area contributed by atoms with Crippen molar-refractivity contribution in [1.82, 2.24) is 5.43 Å². The first-order valence-electron chi connectivity index (χ1n) is 10.3. The minimum absolute atomic E-state index is 0.205. The van der Waals surface area contributed by atoms with Crippen LogP contribution in [0, 0.1) is 5.92 Å². The molecule has 0 aromatic heterocycles. The fourth-order valence-corrected chi connectivity index (χ4v) is 3.17. The Balaban J connectivity index is 1.64. The van der Waals surface area contributed by atoms with Gasteiger partial charge in [0.1, 0.15) is 12.4 Å². The average molecular weight is 401 g/mol. The van der Waals surface area contributed by atoms with Crippen LogP contribution in [0.4, 0.5) is 0 Å². The van der Waals surface area contributed by atoms with Gasteiger partial charge in [0.2, 0.25) is 0 Å². The SMILES string of the molecule is CC/C(=N/NC(=O)c1ccc(COc2ccccc2-c2ccccc2)cc1)C(C)C. The molecule has 0 aliphatic heterocycles. The summed E-state index contributed by atoms with van der Waals surface area (Å²) < 4.78 is 6.08. The van der Waals surface area contributed by atoms with E-state index >= 15 is 0 Å². The van der Waals surface area contributed by atoms with E-state index in [1.165, 1.54) is 0 Å². The van der Waals surface area contributed by atoms with E-state index in [0.29, 0.717) is 18.1 Å². The molecule has 0 aliphatic carbocycles. The van der Waals surface area contributed by atoms with E-state index in [2.05, 4.69) is 42.6 Å². The number of hydrazone groups is 1. The van der Waals surface area contributed by atoms with E-state index in [1.54, 1.807) is 12.1 Å². The Bertz CT molecular complexity index is 993. The van der Waals surface area contributed by atoms with Crippen LogP contribution in [0.1, 0.15) is 43.1 Å². The molecule has 0 spiro atoms. The summed E-state index contributed by atoms with van der Waals surface area (Å²) in [6, 6.07) is 25.6. The highest BCUT2D eigenvalue weighted by Gasteiger charge is 2.08. The molecule has 0 heterocycles. The number of ether oxygens (including phenoxy) is 1. The van der Waals surface area contributed by atoms with Gasteiger partial charge in [0.15, 0.2) is 0 Å². The van der Waals surface area contributed by atoms with Gasteiger partial charge in [-0.15, -0.1) is 0 Å². The standard InChI is InChI=1S/C26H28N2O2/c1-4-24(19(2)3)27-28-26(29)22-16-14-20(15-17-22)18-30-25-13-9-8-12-23(25)21-10-6-5-7-11-21/h5-17,19H,4,18H2,1-3H3,(H,28,29)/b27-24-. The maximum Gasteiger partial charge on any atom is 0.271 e. The number of carbonyl (C=O) groups excluding carboxylic acids is 1. The predicted octanol–water partition coefficient (Wildman–Crippen LogP) is 6.08. The second-order valence-electron chi connectivity index (χ2n) is 7.40. The van der Waals surface area contributed by atoms with E-state index in [-0.39, 0.29) is 5.91 Å². The van der Waals surface area contributed by atoms with E-state index in [1.807, 2.05) is 55.5 Å². The molecule has 154 valence electrons. The molecule has 3 aromatic carbocycles. The lowest BCUT2D eigenvalue weighted by molar-refractivity contribution is 0.0954. The fraction of sp³-hybridized carbons (Fsp3) is 0.231. The van der Waals surface area contributed by atoms with Crippen molar-refractivity contribution < 1.29 is 9.53 Å². The zero-order valence-electron chi connectivity index (χ0n) is 17.8. The van der Waals surface area contributed by atoms with Crippen molar-refractivity contribution >= 4 is 11.6 Å². The number of carbonyl (C=O) groups is 1. The van der Waals surface area contributed by atoms with Gasteiger partial charge in [0.25, 0.3) is 5.91 Å². The summed E-state index contributed by atoms with van der Waals surface area (Å²) in [6.45, 7) is 6.60. The third kappa shape index (κ3) is 5.57. The number of benzene rings is 3. The smallest absolute Gasteiger partial charge is 0.271 e. The van der Waals surface area contributed by atoms with E-state index in [0.717, 1.165) is 34.6 Å². The van der Waals surface area contributed by atoms with Crippen LogP contribution in [0.15, 0.2) is 84.0 Å². The second-order valence-corrected chi connectivity index (χ2v) is 7.40. The van der Waals surface area contributed by atoms with Crippen molar-refractivity contribution in [3.63, 3.8) is 0 Å². The number of rotatable bonds is 8. The van der Waals surface area contributed by atoms with Crippen LogP contribution in [0.3, 0.4) is 0 Å². The Labute approximate surface area is 178 Å². The Kier molecular flexibility index (Phi) is 7.39. The lowest BCUT2D eigenvalue weighted by Gasteiger charge is -2.12. The molecule has 0 radical (unpaired) electrons. The Hall–Kier alpha value is -3.40. The molecule has 0 aliphatic rings. The molecule has 0 fully saturated rings. The second kappa shape index (κ2) is 10.4. The number of nitrogens with one attached hydrogen (secondary N) is 1. The highest BCUT2D eigenvalue weighted by atomic mass is 16.5. The largest absolute Gasteiger partial charge is 0.488 e. The normalized spacial score (nSPS) is 11.4. The third-order valence-electron chi connectivity index (χ3n) is 4.91. The summed E-state index contributed by atoms with van der Waals surface area (Å²) in [5.41, 5.74) is 7.38. The highest BCUT2D eigenvalue weighted by molar-refractivity contribution is 5.95. The molecule has 0 unspecified atom stereocenters. The molecule has 3 aromatic rings. The fourth-order valence-electron chi connectivity index (χ4n) is 3.17. The maximum absolute atomic E-state index is 12.3. The Morgan fingerprint density at radius 1 is 0.933 bits per heavy atom. The lowest BCUT2D eigenvalue weighted by atomic mass is 10.0. The summed E-state index contributed by atoms with van der Waals surface area (Å²) in [5, 5.41) is 4.25. The first-order chi connectivity index (χ1) is 14.6. The average Bonchev–Trinajstić information content (AvgIpc) is 2.79. The Morgan fingerprint density at radius 2 is 1.60 bits per heavy atom. The van der Waals surface area contributed by atoms with Gasteiger partial charge in [0.05, 0.1) is 0 Å². The summed E-state index contributed by atoms with van der Waals surface area (Å²) in [7, 11) is 0. The molecule has 4 nitrogen and oxygen atoms in total. The minimum Gasteiger partial charge on any atom is -0.488 e. The molecular weight excluding hydrogens is 372 g/mol. The number of hydrogen-bond donors (Lipinski definition) is 1. The number of nitrogens with zero attached hydrogens (tertiary/aromatic N) is 1. The van der Waals surface area contributed by atoms with Crippen LogP contribution in [0.5, 0.6) is 5.75 Å². The first kappa shape index (κ1) is 21.3. The van der Waals surface area contributed by atoms with Crippen molar-refractivity contribution in [2.45, 2.75) is 33.8 Å². The third-order valence-corrected chi connectivity index (χ3v) is 4.91. The molecular formula is C26H28N2O2. The van der Waals surface area contributed by atoms with Gasteiger partial charge in [-0.25, -0.2) is 5.43 Å². The minimum atomic E-state index is -0.205. The van der Waals surface area contributed by atoms with Crippen LogP contribution in [0.25, 0.3) is 11.1 Å². The van der Waals surface area contributed by atoms with Crippen LogP contribution in [0.2, 0.25) is 0 Å². The molecule has 4 heteroatoms. The van der Waals surface area contributed by atoms with Crippen LogP contribution < -0.4 is 10.2 Å². The van der Waals surface area contributed by atoms with Gasteiger partial charge in [-0.1, -0.05) is 81.4 Å². The van der Waals surface area contributed by atoms with Crippen molar-refractivity contribution in [2.24, 2.45) is 11.0 Å². The van der Waals surface area contributed by atoms with E-state index in [9.17, 15) is 4.79 Å². The number of amides is 1. The molecule has 0 saturated carbocycles. The summed E-state index contributed by atoms with van der Waals surface area (Å²) >= 11 is 0. The van der Waals surface area contributed by atoms with Crippen molar-refractivity contribution in [2.75, 3.05) is 0 Å². The molecule has 3 rings (SSSR count). The zero-order valence-corrected chi connectivity index (χ0v) is 17.8. The summed E-state index contributed by atoms with van der Waals surface area (Å²) in [4.78, 5) is 12.3. The van der Waals surface area contributed by atoms with Crippen molar-refractivity contribution in [1.29, 1.82) is 0 Å². The summed E-state index contributed by atoms with van der Waals surface area (Å²) in [6.07, 6.45) is 0.818. The van der Waals surface area contributed by atoms with E-state index in [4.69, 9.17) is 4.74 Å². The molecule has 0 atom stereocenters.